The van der Waals surface area contributed by atoms with Crippen LogP contribution in [0.25, 0.3) is 5.65 Å². The molecule has 0 bridgehead atoms. The molecular weight excluding hydrogens is 327 g/mol. The van der Waals surface area contributed by atoms with Crippen molar-refractivity contribution in [3.63, 3.8) is 0 Å². The van der Waals surface area contributed by atoms with Crippen LogP contribution in [0.4, 0.5) is 4.39 Å². The van der Waals surface area contributed by atoms with E-state index < -0.39 is 0 Å². The molecule has 124 valence electrons. The maximum atomic E-state index is 13.9. The average molecular weight is 345 g/mol. The van der Waals surface area contributed by atoms with E-state index in [0.29, 0.717) is 23.0 Å². The highest BCUT2D eigenvalue weighted by molar-refractivity contribution is 6.31. The van der Waals surface area contributed by atoms with Crippen LogP contribution in [0.3, 0.4) is 0 Å². The number of aromatic nitrogens is 3. The van der Waals surface area contributed by atoms with Crippen molar-refractivity contribution in [1.29, 1.82) is 0 Å². The van der Waals surface area contributed by atoms with Crippen LogP contribution in [-0.2, 0) is 6.54 Å². The van der Waals surface area contributed by atoms with E-state index in [1.807, 2.05) is 24.4 Å². The highest BCUT2D eigenvalue weighted by Gasteiger charge is 2.25. The summed E-state index contributed by atoms with van der Waals surface area (Å²) in [5, 5.41) is 9.11. The van der Waals surface area contributed by atoms with Gasteiger partial charge in [-0.2, -0.15) is 0 Å². The van der Waals surface area contributed by atoms with Crippen molar-refractivity contribution in [3.05, 3.63) is 64.8 Å². The molecule has 1 saturated heterocycles. The maximum Gasteiger partial charge on any atom is 0.160 e. The fourth-order valence-electron chi connectivity index (χ4n) is 3.39. The third kappa shape index (κ3) is 2.89. The highest BCUT2D eigenvalue weighted by Crippen LogP contribution is 2.29. The van der Waals surface area contributed by atoms with Crippen LogP contribution in [0.2, 0.25) is 5.02 Å². The van der Waals surface area contributed by atoms with Gasteiger partial charge >= 0.3 is 0 Å². The van der Waals surface area contributed by atoms with Gasteiger partial charge < -0.3 is 0 Å². The SMILES string of the molecule is Fc1cccc(Cl)c1CN1CCC(c2nnc3ccccn23)CC1. The first-order valence-electron chi connectivity index (χ1n) is 8.17. The molecule has 0 amide bonds. The largest absolute Gasteiger partial charge is 0.299 e. The zero-order chi connectivity index (χ0) is 16.5. The molecule has 0 saturated carbocycles. The van der Waals surface area contributed by atoms with Crippen LogP contribution in [0, 0.1) is 5.82 Å². The smallest absolute Gasteiger partial charge is 0.160 e. The van der Waals surface area contributed by atoms with E-state index in [9.17, 15) is 4.39 Å². The molecule has 1 fully saturated rings. The predicted molar refractivity (Wildman–Crippen MR) is 91.6 cm³/mol. The predicted octanol–water partition coefficient (Wildman–Crippen LogP) is 3.90. The van der Waals surface area contributed by atoms with E-state index in [1.54, 1.807) is 12.1 Å². The summed E-state index contributed by atoms with van der Waals surface area (Å²) in [6.07, 6.45) is 3.99. The van der Waals surface area contributed by atoms with E-state index in [4.69, 9.17) is 11.6 Å². The summed E-state index contributed by atoms with van der Waals surface area (Å²) < 4.78 is 16.0. The zero-order valence-corrected chi connectivity index (χ0v) is 14.0. The Labute approximate surface area is 144 Å². The van der Waals surface area contributed by atoms with Gasteiger partial charge in [0.25, 0.3) is 0 Å². The molecule has 4 rings (SSSR count). The van der Waals surface area contributed by atoms with Gasteiger partial charge in [-0.3, -0.25) is 9.30 Å². The molecule has 0 atom stereocenters. The van der Waals surface area contributed by atoms with E-state index in [2.05, 4.69) is 19.5 Å². The third-order valence-corrected chi connectivity index (χ3v) is 5.09. The first-order chi connectivity index (χ1) is 11.7. The van der Waals surface area contributed by atoms with Crippen LogP contribution >= 0.6 is 11.6 Å². The second kappa shape index (κ2) is 6.49. The number of halogens is 2. The normalized spacial score (nSPS) is 16.8. The topological polar surface area (TPSA) is 33.4 Å². The van der Waals surface area contributed by atoms with Crippen molar-refractivity contribution >= 4 is 17.2 Å². The molecule has 2 aromatic heterocycles. The lowest BCUT2D eigenvalue weighted by atomic mass is 9.95. The number of fused-ring (bicyclic) bond motifs is 1. The number of piperidine rings is 1. The number of benzene rings is 1. The molecule has 4 nitrogen and oxygen atoms in total. The van der Waals surface area contributed by atoms with Crippen LogP contribution in [-0.4, -0.2) is 32.6 Å². The van der Waals surface area contributed by atoms with Crippen LogP contribution < -0.4 is 0 Å². The number of pyridine rings is 1. The molecule has 0 unspecified atom stereocenters. The minimum absolute atomic E-state index is 0.229. The second-order valence-electron chi connectivity index (χ2n) is 6.24. The monoisotopic (exact) mass is 344 g/mol. The van der Waals surface area contributed by atoms with Gasteiger partial charge in [0.15, 0.2) is 5.65 Å². The molecule has 24 heavy (non-hydrogen) atoms. The molecule has 0 aliphatic carbocycles. The summed E-state index contributed by atoms with van der Waals surface area (Å²) in [5.41, 5.74) is 1.47. The number of hydrogen-bond donors (Lipinski definition) is 0. The lowest BCUT2D eigenvalue weighted by Crippen LogP contribution is -2.33. The minimum Gasteiger partial charge on any atom is -0.299 e. The fraction of sp³-hybridized carbons (Fsp3) is 0.333. The van der Waals surface area contributed by atoms with Crippen molar-refractivity contribution in [2.45, 2.75) is 25.3 Å². The molecule has 1 aliphatic heterocycles. The van der Waals surface area contributed by atoms with E-state index in [0.717, 1.165) is 37.4 Å². The highest BCUT2D eigenvalue weighted by atomic mass is 35.5. The van der Waals surface area contributed by atoms with Crippen LogP contribution in [0.1, 0.15) is 30.1 Å². The van der Waals surface area contributed by atoms with Crippen LogP contribution in [0.5, 0.6) is 0 Å². The van der Waals surface area contributed by atoms with Crippen molar-refractivity contribution in [2.24, 2.45) is 0 Å². The van der Waals surface area contributed by atoms with Gasteiger partial charge in [-0.25, -0.2) is 4.39 Å². The van der Waals surface area contributed by atoms with Gasteiger partial charge in [0.1, 0.15) is 11.6 Å². The summed E-state index contributed by atoms with van der Waals surface area (Å²) in [6.45, 7) is 2.35. The van der Waals surface area contributed by atoms with E-state index in [-0.39, 0.29) is 5.82 Å². The molecule has 6 heteroatoms. The molecule has 0 N–H and O–H groups in total. The molecule has 1 aliphatic rings. The van der Waals surface area contributed by atoms with Crippen molar-refractivity contribution in [3.8, 4) is 0 Å². The Morgan fingerprint density at radius 1 is 1.08 bits per heavy atom. The molecule has 3 heterocycles. The maximum absolute atomic E-state index is 13.9. The Morgan fingerprint density at radius 3 is 2.71 bits per heavy atom. The second-order valence-corrected chi connectivity index (χ2v) is 6.64. The third-order valence-electron chi connectivity index (χ3n) is 4.74. The Hall–Kier alpha value is -1.98. The molecule has 1 aromatic carbocycles. The van der Waals surface area contributed by atoms with Gasteiger partial charge in [-0.1, -0.05) is 23.7 Å². The quantitative estimate of drug-likeness (QED) is 0.722. The van der Waals surface area contributed by atoms with E-state index in [1.165, 1.54) is 6.07 Å². The number of rotatable bonds is 3. The first-order valence-corrected chi connectivity index (χ1v) is 8.55. The summed E-state index contributed by atoms with van der Waals surface area (Å²) in [7, 11) is 0. The van der Waals surface area contributed by atoms with Crippen molar-refractivity contribution in [2.75, 3.05) is 13.1 Å². The summed E-state index contributed by atoms with van der Waals surface area (Å²) in [6, 6.07) is 10.8. The number of hydrogen-bond acceptors (Lipinski definition) is 3. The first kappa shape index (κ1) is 15.5. The van der Waals surface area contributed by atoms with Gasteiger partial charge in [0, 0.05) is 29.2 Å². The van der Waals surface area contributed by atoms with Gasteiger partial charge in [-0.15, -0.1) is 10.2 Å². The van der Waals surface area contributed by atoms with Crippen molar-refractivity contribution in [1.82, 2.24) is 19.5 Å². The van der Waals surface area contributed by atoms with Gasteiger partial charge in [0.2, 0.25) is 0 Å². The summed E-state index contributed by atoms with van der Waals surface area (Å²) in [5.74, 6) is 1.18. The van der Waals surface area contributed by atoms with Gasteiger partial charge in [-0.05, 0) is 50.2 Å². The lowest BCUT2D eigenvalue weighted by molar-refractivity contribution is 0.199. The summed E-state index contributed by atoms with van der Waals surface area (Å²) in [4.78, 5) is 2.25. The fourth-order valence-corrected chi connectivity index (χ4v) is 3.62. The molecule has 0 spiro atoms. The van der Waals surface area contributed by atoms with Gasteiger partial charge in [0.05, 0.1) is 0 Å². The zero-order valence-electron chi connectivity index (χ0n) is 13.2. The van der Waals surface area contributed by atoms with Crippen LogP contribution in [0.15, 0.2) is 42.6 Å². The Balaban J connectivity index is 1.45. The lowest BCUT2D eigenvalue weighted by Gasteiger charge is -2.31. The van der Waals surface area contributed by atoms with E-state index >= 15 is 0 Å². The summed E-state index contributed by atoms with van der Waals surface area (Å²) >= 11 is 6.14. The molecule has 3 aromatic rings. The Morgan fingerprint density at radius 2 is 1.92 bits per heavy atom. The molecule has 0 radical (unpaired) electrons. The Kier molecular flexibility index (Phi) is 4.21. The van der Waals surface area contributed by atoms with Crippen molar-refractivity contribution < 1.29 is 4.39 Å². The number of nitrogens with zero attached hydrogens (tertiary/aromatic N) is 4. The standard InChI is InChI=1S/C18H18ClFN4/c19-15-4-3-5-16(20)14(15)12-23-10-7-13(8-11-23)18-22-21-17-6-1-2-9-24(17)18/h1-6,9,13H,7-8,10-12H2. The molecular formula is C18H18ClFN4. The number of likely N-dealkylation sites (tertiary alicyclic amines) is 1. The average Bonchev–Trinajstić information content (AvgIpc) is 3.03. The minimum atomic E-state index is -0.229. The Bertz CT molecular complexity index is 835.